The van der Waals surface area contributed by atoms with E-state index in [0.717, 1.165) is 11.3 Å². The molecule has 7 heteroatoms. The van der Waals surface area contributed by atoms with Crippen LogP contribution in [0.15, 0.2) is 24.3 Å². The molecule has 0 N–H and O–H groups in total. The number of rotatable bonds is 4. The number of ether oxygens (including phenoxy) is 1. The van der Waals surface area contributed by atoms with Crippen LogP contribution in [-0.4, -0.2) is 67.0 Å². The van der Waals surface area contributed by atoms with Gasteiger partial charge in [-0.15, -0.1) is 0 Å². The number of hydrogen-bond acceptors (Lipinski definition) is 4. The third kappa shape index (κ3) is 5.24. The summed E-state index contributed by atoms with van der Waals surface area (Å²) >= 11 is 0. The molecule has 1 saturated heterocycles. The molecule has 7 nitrogen and oxygen atoms in total. The monoisotopic (exact) mass is 389 g/mol. The molecule has 0 atom stereocenters. The normalized spacial score (nSPS) is 14.6. The quantitative estimate of drug-likeness (QED) is 0.794. The van der Waals surface area contributed by atoms with E-state index in [0.29, 0.717) is 32.8 Å². The fraction of sp³-hybridized carbons (Fsp3) is 0.571. The Morgan fingerprint density at radius 1 is 1.04 bits per heavy atom. The molecular formula is C21H31N3O4. The van der Waals surface area contributed by atoms with E-state index in [1.807, 2.05) is 24.3 Å². The topological polar surface area (TPSA) is 70.2 Å². The van der Waals surface area contributed by atoms with Crippen LogP contribution in [0.2, 0.25) is 0 Å². The lowest BCUT2D eigenvalue weighted by Crippen LogP contribution is -2.53. The Balaban J connectivity index is 2.09. The fourth-order valence-corrected chi connectivity index (χ4v) is 3.30. The van der Waals surface area contributed by atoms with Gasteiger partial charge in [-0.05, 0) is 24.0 Å². The van der Waals surface area contributed by atoms with Gasteiger partial charge in [0.1, 0.15) is 6.54 Å². The molecule has 0 spiro atoms. The number of carbonyl (C=O) groups excluding carboxylic acids is 3. The van der Waals surface area contributed by atoms with Crippen LogP contribution in [0.1, 0.15) is 40.2 Å². The number of nitrogens with zero attached hydrogens (tertiary/aromatic N) is 3. The summed E-state index contributed by atoms with van der Waals surface area (Å²) in [6, 6.07) is 7.70. The largest absolute Gasteiger partial charge is 0.450 e. The Bertz CT molecular complexity index is 719. The first-order valence-corrected chi connectivity index (χ1v) is 9.72. The fourth-order valence-electron chi connectivity index (χ4n) is 3.30. The summed E-state index contributed by atoms with van der Waals surface area (Å²) < 4.78 is 5.01. The van der Waals surface area contributed by atoms with Crippen molar-refractivity contribution in [2.75, 3.05) is 44.2 Å². The number of amides is 3. The van der Waals surface area contributed by atoms with Crippen molar-refractivity contribution >= 4 is 23.6 Å². The zero-order chi connectivity index (χ0) is 20.9. The molecule has 0 bridgehead atoms. The van der Waals surface area contributed by atoms with E-state index in [1.54, 1.807) is 21.6 Å². The first-order chi connectivity index (χ1) is 13.1. The van der Waals surface area contributed by atoms with Crippen LogP contribution in [0.5, 0.6) is 0 Å². The van der Waals surface area contributed by atoms with Crippen LogP contribution in [0.3, 0.4) is 0 Å². The maximum absolute atomic E-state index is 12.8. The highest BCUT2D eigenvalue weighted by molar-refractivity contribution is 5.98. The average molecular weight is 389 g/mol. The summed E-state index contributed by atoms with van der Waals surface area (Å²) in [4.78, 5) is 41.8. The number of hydrogen-bond donors (Lipinski definition) is 0. The second-order valence-corrected chi connectivity index (χ2v) is 7.94. The molecule has 1 aliphatic heterocycles. The van der Waals surface area contributed by atoms with Crippen molar-refractivity contribution in [3.8, 4) is 0 Å². The Morgan fingerprint density at radius 3 is 2.14 bits per heavy atom. The molecule has 0 unspecified atom stereocenters. The lowest BCUT2D eigenvalue weighted by Gasteiger charge is -2.35. The Kier molecular flexibility index (Phi) is 7.05. The second-order valence-electron chi connectivity index (χ2n) is 7.94. The van der Waals surface area contributed by atoms with Gasteiger partial charge >= 0.3 is 6.09 Å². The van der Waals surface area contributed by atoms with E-state index in [4.69, 9.17) is 4.74 Å². The molecular weight excluding hydrogens is 358 g/mol. The maximum atomic E-state index is 12.8. The zero-order valence-electron chi connectivity index (χ0n) is 17.5. The van der Waals surface area contributed by atoms with Crippen molar-refractivity contribution in [1.82, 2.24) is 9.80 Å². The molecule has 1 aliphatic rings. The molecule has 3 amide bonds. The van der Waals surface area contributed by atoms with Gasteiger partial charge < -0.3 is 19.4 Å². The summed E-state index contributed by atoms with van der Waals surface area (Å²) in [5.41, 5.74) is 1.63. The lowest BCUT2D eigenvalue weighted by atomic mass is 9.85. The number of benzene rings is 1. The van der Waals surface area contributed by atoms with Gasteiger partial charge in [-0.2, -0.15) is 0 Å². The summed E-state index contributed by atoms with van der Waals surface area (Å²) in [6.45, 7) is 11.6. The van der Waals surface area contributed by atoms with E-state index in [9.17, 15) is 14.4 Å². The highest BCUT2D eigenvalue weighted by atomic mass is 16.6. The second kappa shape index (κ2) is 9.08. The number of para-hydroxylation sites is 1. The van der Waals surface area contributed by atoms with Crippen LogP contribution >= 0.6 is 0 Å². The van der Waals surface area contributed by atoms with Crippen molar-refractivity contribution in [2.45, 2.75) is 40.0 Å². The van der Waals surface area contributed by atoms with Gasteiger partial charge in [0.25, 0.3) is 0 Å². The number of carbonyl (C=O) groups is 3. The van der Waals surface area contributed by atoms with E-state index >= 15 is 0 Å². The minimum atomic E-state index is -0.348. The molecule has 28 heavy (non-hydrogen) atoms. The summed E-state index contributed by atoms with van der Waals surface area (Å²) in [6.07, 6.45) is -0.348. The van der Waals surface area contributed by atoms with Crippen LogP contribution in [0.25, 0.3) is 0 Å². The van der Waals surface area contributed by atoms with E-state index in [1.165, 1.54) is 6.92 Å². The minimum absolute atomic E-state index is 0.0121. The van der Waals surface area contributed by atoms with Crippen molar-refractivity contribution in [3.63, 3.8) is 0 Å². The molecule has 0 aromatic heterocycles. The van der Waals surface area contributed by atoms with E-state index in [2.05, 4.69) is 20.8 Å². The van der Waals surface area contributed by atoms with Gasteiger partial charge in [0, 0.05) is 38.8 Å². The van der Waals surface area contributed by atoms with E-state index < -0.39 is 0 Å². The predicted octanol–water partition coefficient (Wildman–Crippen LogP) is 2.64. The molecule has 1 fully saturated rings. The lowest BCUT2D eigenvalue weighted by molar-refractivity contribution is -0.132. The van der Waals surface area contributed by atoms with Crippen molar-refractivity contribution < 1.29 is 19.1 Å². The van der Waals surface area contributed by atoms with Crippen molar-refractivity contribution in [1.29, 1.82) is 0 Å². The molecule has 0 radical (unpaired) electrons. The van der Waals surface area contributed by atoms with Gasteiger partial charge in [-0.1, -0.05) is 39.0 Å². The molecule has 1 aromatic rings. The first kappa shape index (κ1) is 21.7. The van der Waals surface area contributed by atoms with Crippen LogP contribution < -0.4 is 4.90 Å². The van der Waals surface area contributed by atoms with Gasteiger partial charge in [-0.25, -0.2) is 4.79 Å². The number of piperazine rings is 1. The van der Waals surface area contributed by atoms with Crippen LogP contribution in [0, 0.1) is 0 Å². The molecule has 0 aliphatic carbocycles. The summed E-state index contributed by atoms with van der Waals surface area (Å²) in [5.74, 6) is -0.294. The van der Waals surface area contributed by atoms with Crippen LogP contribution in [0.4, 0.5) is 10.5 Å². The minimum Gasteiger partial charge on any atom is -0.450 e. The molecule has 2 rings (SSSR count). The first-order valence-electron chi connectivity index (χ1n) is 9.72. The summed E-state index contributed by atoms with van der Waals surface area (Å²) in [5, 5.41) is 0. The zero-order valence-corrected chi connectivity index (χ0v) is 17.5. The van der Waals surface area contributed by atoms with Gasteiger partial charge in [0.05, 0.1) is 6.61 Å². The summed E-state index contributed by atoms with van der Waals surface area (Å²) in [7, 11) is 0. The van der Waals surface area contributed by atoms with E-state index in [-0.39, 0.29) is 29.9 Å². The molecule has 154 valence electrons. The Labute approximate surface area is 167 Å². The predicted molar refractivity (Wildman–Crippen MR) is 108 cm³/mol. The molecule has 1 heterocycles. The van der Waals surface area contributed by atoms with Crippen LogP contribution in [-0.2, 0) is 19.7 Å². The third-order valence-electron chi connectivity index (χ3n) is 4.83. The highest BCUT2D eigenvalue weighted by Gasteiger charge is 2.28. The average Bonchev–Trinajstić information content (AvgIpc) is 2.65. The third-order valence-corrected chi connectivity index (χ3v) is 4.83. The SMILES string of the molecule is CCOC(=O)N1CCN(C(=O)CN(C(C)=O)c2ccccc2C(C)(C)C)CC1. The van der Waals surface area contributed by atoms with Crippen molar-refractivity contribution in [3.05, 3.63) is 29.8 Å². The highest BCUT2D eigenvalue weighted by Crippen LogP contribution is 2.32. The Hall–Kier alpha value is -2.57. The van der Waals surface area contributed by atoms with Gasteiger partial charge in [0.2, 0.25) is 11.8 Å². The maximum Gasteiger partial charge on any atom is 0.409 e. The smallest absolute Gasteiger partial charge is 0.409 e. The van der Waals surface area contributed by atoms with Gasteiger partial charge in [-0.3, -0.25) is 9.59 Å². The standard InChI is InChI=1S/C21H31N3O4/c1-6-28-20(27)23-13-11-22(12-14-23)19(26)15-24(16(2)25)18-10-8-7-9-17(18)21(3,4)5/h7-10H,6,11-15H2,1-5H3. The number of anilines is 1. The van der Waals surface area contributed by atoms with Crippen molar-refractivity contribution in [2.24, 2.45) is 0 Å². The van der Waals surface area contributed by atoms with Gasteiger partial charge in [0.15, 0.2) is 0 Å². The molecule has 0 saturated carbocycles. The Morgan fingerprint density at radius 2 is 1.61 bits per heavy atom. The molecule has 1 aromatic carbocycles.